The Bertz CT molecular complexity index is 1080. The molecule has 0 aliphatic heterocycles. The van der Waals surface area contributed by atoms with E-state index in [0.29, 0.717) is 24.7 Å². The highest BCUT2D eigenvalue weighted by atomic mass is 16.5. The van der Waals surface area contributed by atoms with Gasteiger partial charge < -0.3 is 10.1 Å². The van der Waals surface area contributed by atoms with Crippen LogP contribution in [0.1, 0.15) is 39.8 Å². The number of nitrogens with one attached hydrogen (secondary N) is 2. The fourth-order valence-electron chi connectivity index (χ4n) is 3.39. The number of nitrogens with zero attached hydrogens (tertiary/aromatic N) is 3. The van der Waals surface area contributed by atoms with Crippen molar-refractivity contribution in [1.29, 1.82) is 0 Å². The van der Waals surface area contributed by atoms with E-state index in [9.17, 15) is 4.79 Å². The molecule has 0 saturated carbocycles. The first-order valence-electron chi connectivity index (χ1n) is 10.8. The molecule has 0 fully saturated rings. The minimum absolute atomic E-state index is 0.212. The second kappa shape index (κ2) is 10.6. The fraction of sp³-hybridized carbons (Fsp3) is 0.320. The first-order chi connectivity index (χ1) is 15.4. The average Bonchev–Trinajstić information content (AvgIpc) is 3.01. The van der Waals surface area contributed by atoms with Crippen LogP contribution in [0.4, 0.5) is 5.69 Å². The van der Waals surface area contributed by atoms with Gasteiger partial charge in [-0.1, -0.05) is 17.7 Å². The van der Waals surface area contributed by atoms with Gasteiger partial charge in [0.1, 0.15) is 5.75 Å². The maximum absolute atomic E-state index is 12.8. The predicted octanol–water partition coefficient (Wildman–Crippen LogP) is 4.18. The molecule has 3 aromatic rings. The topological polar surface area (TPSA) is 80.5 Å². The van der Waals surface area contributed by atoms with Gasteiger partial charge in [-0.15, -0.1) is 0 Å². The molecule has 0 radical (unpaired) electrons. The van der Waals surface area contributed by atoms with Gasteiger partial charge in [-0.25, -0.2) is 0 Å². The number of hydrogen-bond donors (Lipinski definition) is 2. The summed E-state index contributed by atoms with van der Waals surface area (Å²) in [5.74, 6) is 0.984. The number of ether oxygens (including phenoxy) is 1. The van der Waals surface area contributed by atoms with E-state index in [1.807, 2.05) is 81.0 Å². The first-order valence-corrected chi connectivity index (χ1v) is 10.8. The van der Waals surface area contributed by atoms with Crippen molar-refractivity contribution < 1.29 is 9.53 Å². The van der Waals surface area contributed by atoms with Crippen LogP contribution >= 0.6 is 0 Å². The lowest BCUT2D eigenvalue weighted by Gasteiger charge is -2.13. The lowest BCUT2D eigenvalue weighted by Crippen LogP contribution is -2.36. The summed E-state index contributed by atoms with van der Waals surface area (Å²) in [6.45, 7) is 9.12. The van der Waals surface area contributed by atoms with Gasteiger partial charge in [0.15, 0.2) is 0 Å². The largest absolute Gasteiger partial charge is 0.494 e. The number of amides is 1. The van der Waals surface area contributed by atoms with Crippen molar-refractivity contribution in [3.63, 3.8) is 0 Å². The molecule has 1 aromatic heterocycles. The number of benzene rings is 2. The second-order valence-corrected chi connectivity index (χ2v) is 7.66. The Morgan fingerprint density at radius 3 is 2.34 bits per heavy atom. The lowest BCUT2D eigenvalue weighted by atomic mass is 10.1. The SMILES string of the molecule is CCOc1ccc(NC(=NCCc2c(C)nn(C)c2C)NC(=O)c2ccc(C)cc2)cc1. The van der Waals surface area contributed by atoms with Crippen LogP contribution in [0, 0.1) is 20.8 Å². The molecule has 0 unspecified atom stereocenters. The van der Waals surface area contributed by atoms with Gasteiger partial charge in [0.2, 0.25) is 5.96 Å². The summed E-state index contributed by atoms with van der Waals surface area (Å²) in [6, 6.07) is 15.0. The molecular weight excluding hydrogens is 402 g/mol. The molecular formula is C25H31N5O2. The highest BCUT2D eigenvalue weighted by Gasteiger charge is 2.11. The number of guanidine groups is 1. The molecule has 0 bridgehead atoms. The van der Waals surface area contributed by atoms with Crippen LogP contribution in [-0.2, 0) is 13.5 Å². The lowest BCUT2D eigenvalue weighted by molar-refractivity contribution is 0.0977. The smallest absolute Gasteiger partial charge is 0.257 e. The Hall–Kier alpha value is -3.61. The van der Waals surface area contributed by atoms with E-state index in [1.165, 1.54) is 5.56 Å². The summed E-state index contributed by atoms with van der Waals surface area (Å²) in [5.41, 5.74) is 5.81. The maximum atomic E-state index is 12.8. The third-order valence-corrected chi connectivity index (χ3v) is 5.26. The molecule has 2 N–H and O–H groups in total. The van der Waals surface area contributed by atoms with E-state index < -0.39 is 0 Å². The Morgan fingerprint density at radius 2 is 1.75 bits per heavy atom. The van der Waals surface area contributed by atoms with E-state index in [0.717, 1.165) is 34.8 Å². The number of aromatic nitrogens is 2. The van der Waals surface area contributed by atoms with Crippen molar-refractivity contribution in [3.05, 3.63) is 76.6 Å². The molecule has 7 nitrogen and oxygen atoms in total. The van der Waals surface area contributed by atoms with Crippen molar-refractivity contribution in [3.8, 4) is 5.75 Å². The van der Waals surface area contributed by atoms with E-state index in [4.69, 9.17) is 4.74 Å². The van der Waals surface area contributed by atoms with Gasteiger partial charge >= 0.3 is 0 Å². The maximum Gasteiger partial charge on any atom is 0.257 e. The summed E-state index contributed by atoms with van der Waals surface area (Å²) in [7, 11) is 1.94. The van der Waals surface area contributed by atoms with Crippen molar-refractivity contribution in [2.75, 3.05) is 18.5 Å². The Balaban J connectivity index is 1.76. The Morgan fingerprint density at radius 1 is 1.06 bits per heavy atom. The van der Waals surface area contributed by atoms with Gasteiger partial charge in [-0.2, -0.15) is 5.10 Å². The summed E-state index contributed by atoms with van der Waals surface area (Å²) < 4.78 is 7.38. The standard InChI is InChI=1S/C25H31N5O2/c1-6-32-22-13-11-21(12-14-22)27-25(28-24(31)20-9-7-17(2)8-10-20)26-16-15-23-18(3)29-30(5)19(23)4/h7-14H,6,15-16H2,1-5H3,(H2,26,27,28,31). The number of carbonyl (C=O) groups is 1. The molecule has 1 heterocycles. The summed E-state index contributed by atoms with van der Waals surface area (Å²) >= 11 is 0. The average molecular weight is 434 g/mol. The van der Waals surface area contributed by atoms with Crippen molar-refractivity contribution >= 4 is 17.6 Å². The minimum Gasteiger partial charge on any atom is -0.494 e. The quantitative estimate of drug-likeness (QED) is 0.433. The van der Waals surface area contributed by atoms with Crippen LogP contribution in [0.3, 0.4) is 0 Å². The molecule has 0 saturated heterocycles. The zero-order valence-electron chi connectivity index (χ0n) is 19.4. The molecule has 0 spiro atoms. The molecule has 7 heteroatoms. The van der Waals surface area contributed by atoms with Crippen LogP contribution in [0.15, 0.2) is 53.5 Å². The Labute approximate surface area is 189 Å². The number of aryl methyl sites for hydroxylation is 3. The van der Waals surface area contributed by atoms with Crippen LogP contribution in [0.2, 0.25) is 0 Å². The Kier molecular flexibility index (Phi) is 7.65. The molecule has 3 rings (SSSR count). The highest BCUT2D eigenvalue weighted by Crippen LogP contribution is 2.16. The van der Waals surface area contributed by atoms with Crippen molar-refractivity contribution in [2.45, 2.75) is 34.1 Å². The third-order valence-electron chi connectivity index (χ3n) is 5.26. The van der Waals surface area contributed by atoms with Gasteiger partial charge in [0, 0.05) is 30.5 Å². The molecule has 0 aliphatic rings. The molecule has 0 aliphatic carbocycles. The van der Waals surface area contributed by atoms with Crippen molar-refractivity contribution in [2.24, 2.45) is 12.0 Å². The summed E-state index contributed by atoms with van der Waals surface area (Å²) in [5, 5.41) is 10.6. The third kappa shape index (κ3) is 5.97. The molecule has 0 atom stereocenters. The summed E-state index contributed by atoms with van der Waals surface area (Å²) in [4.78, 5) is 17.4. The zero-order chi connectivity index (χ0) is 23.1. The second-order valence-electron chi connectivity index (χ2n) is 7.66. The number of rotatable bonds is 7. The first kappa shape index (κ1) is 23.1. The molecule has 2 aromatic carbocycles. The monoisotopic (exact) mass is 433 g/mol. The number of aliphatic imine (C=N–C) groups is 1. The minimum atomic E-state index is -0.212. The van der Waals surface area contributed by atoms with Crippen LogP contribution in [0.25, 0.3) is 0 Å². The fourth-order valence-corrected chi connectivity index (χ4v) is 3.39. The van der Waals surface area contributed by atoms with Crippen LogP contribution in [-0.4, -0.2) is 34.8 Å². The van der Waals surface area contributed by atoms with E-state index in [1.54, 1.807) is 0 Å². The van der Waals surface area contributed by atoms with Gasteiger partial charge in [0.05, 0.1) is 12.3 Å². The van der Waals surface area contributed by atoms with Crippen LogP contribution < -0.4 is 15.4 Å². The number of anilines is 1. The van der Waals surface area contributed by atoms with E-state index in [2.05, 4.69) is 27.6 Å². The number of carbonyl (C=O) groups excluding carboxylic acids is 1. The predicted molar refractivity (Wildman–Crippen MR) is 129 cm³/mol. The highest BCUT2D eigenvalue weighted by molar-refractivity contribution is 6.09. The summed E-state index contributed by atoms with van der Waals surface area (Å²) in [6.07, 6.45) is 0.736. The molecule has 168 valence electrons. The van der Waals surface area contributed by atoms with Gasteiger partial charge in [0.25, 0.3) is 5.91 Å². The molecule has 1 amide bonds. The van der Waals surface area contributed by atoms with E-state index >= 15 is 0 Å². The van der Waals surface area contributed by atoms with Gasteiger partial charge in [-0.3, -0.25) is 19.8 Å². The van der Waals surface area contributed by atoms with Crippen molar-refractivity contribution in [1.82, 2.24) is 15.1 Å². The van der Waals surface area contributed by atoms with Crippen LogP contribution in [0.5, 0.6) is 5.75 Å². The van der Waals surface area contributed by atoms with E-state index in [-0.39, 0.29) is 5.91 Å². The molecule has 32 heavy (non-hydrogen) atoms. The zero-order valence-corrected chi connectivity index (χ0v) is 19.4. The van der Waals surface area contributed by atoms with Gasteiger partial charge in [-0.05, 0) is 76.1 Å². The normalized spacial score (nSPS) is 11.3. The number of hydrogen-bond acceptors (Lipinski definition) is 4.